The van der Waals surface area contributed by atoms with Crippen molar-refractivity contribution in [3.63, 3.8) is 0 Å². The van der Waals surface area contributed by atoms with Crippen molar-refractivity contribution in [3.05, 3.63) is 33.8 Å². The molecule has 1 aliphatic heterocycles. The van der Waals surface area contributed by atoms with Crippen LogP contribution in [0.25, 0.3) is 0 Å². The van der Waals surface area contributed by atoms with Crippen molar-refractivity contribution in [2.45, 2.75) is 24.9 Å². The molecule has 26 heavy (non-hydrogen) atoms. The lowest BCUT2D eigenvalue weighted by Gasteiger charge is -2.27. The monoisotopic (exact) mass is 424 g/mol. The van der Waals surface area contributed by atoms with Gasteiger partial charge in [0.2, 0.25) is 10.0 Å². The fourth-order valence-electron chi connectivity index (χ4n) is 2.96. The van der Waals surface area contributed by atoms with Gasteiger partial charge in [-0.15, -0.1) is 0 Å². The van der Waals surface area contributed by atoms with E-state index in [9.17, 15) is 18.3 Å². The van der Waals surface area contributed by atoms with Gasteiger partial charge >= 0.3 is 6.09 Å². The van der Waals surface area contributed by atoms with Crippen LogP contribution in [0.1, 0.15) is 24.3 Å². The Hall–Kier alpha value is -1.06. The molecule has 1 heterocycles. The molecule has 1 aromatic carbocycles. The zero-order valence-corrected chi connectivity index (χ0v) is 16.6. The van der Waals surface area contributed by atoms with Crippen molar-refractivity contribution in [2.75, 3.05) is 32.5 Å². The molecule has 0 saturated carbocycles. The summed E-state index contributed by atoms with van der Waals surface area (Å²) in [6, 6.07) is 5.22. The van der Waals surface area contributed by atoms with Gasteiger partial charge in [0, 0.05) is 25.6 Å². The SMILES string of the molecule is CS(=O)(=O)NCCCC1OCCN(C(=O)O)CC1c1ccc(Cl)c(Cl)c1. The number of amides is 1. The highest BCUT2D eigenvalue weighted by atomic mass is 35.5. The van der Waals surface area contributed by atoms with Gasteiger partial charge in [0.15, 0.2) is 0 Å². The number of sulfonamides is 1. The van der Waals surface area contributed by atoms with Crippen LogP contribution in [0.5, 0.6) is 0 Å². The van der Waals surface area contributed by atoms with Crippen LogP contribution in [-0.4, -0.2) is 63.1 Å². The molecule has 7 nitrogen and oxygen atoms in total. The van der Waals surface area contributed by atoms with Crippen molar-refractivity contribution in [2.24, 2.45) is 0 Å². The van der Waals surface area contributed by atoms with Gasteiger partial charge in [0.05, 0.1) is 29.0 Å². The summed E-state index contributed by atoms with van der Waals surface area (Å²) in [4.78, 5) is 12.8. The van der Waals surface area contributed by atoms with Crippen LogP contribution >= 0.6 is 23.2 Å². The van der Waals surface area contributed by atoms with Gasteiger partial charge in [0.1, 0.15) is 0 Å². The molecule has 1 aliphatic rings. The molecule has 2 rings (SSSR count). The maximum atomic E-state index is 11.4. The summed E-state index contributed by atoms with van der Waals surface area (Å²) in [5.74, 6) is -0.221. The topological polar surface area (TPSA) is 95.9 Å². The Morgan fingerprint density at radius 2 is 2.12 bits per heavy atom. The van der Waals surface area contributed by atoms with Crippen LogP contribution < -0.4 is 4.72 Å². The molecule has 0 spiro atoms. The summed E-state index contributed by atoms with van der Waals surface area (Å²) in [7, 11) is -3.24. The van der Waals surface area contributed by atoms with Crippen LogP contribution in [0.15, 0.2) is 18.2 Å². The predicted molar refractivity (Wildman–Crippen MR) is 101 cm³/mol. The maximum absolute atomic E-state index is 11.4. The van der Waals surface area contributed by atoms with Crippen molar-refractivity contribution in [3.8, 4) is 0 Å². The minimum Gasteiger partial charge on any atom is -0.465 e. The average Bonchev–Trinajstić information content (AvgIpc) is 2.76. The summed E-state index contributed by atoms with van der Waals surface area (Å²) in [5.41, 5.74) is 0.841. The molecule has 10 heteroatoms. The predicted octanol–water partition coefficient (Wildman–Crippen LogP) is 2.79. The standard InChI is InChI=1S/C16H22Cl2N2O5S/c1-26(23,24)19-6-2-3-15-12(10-20(16(21)22)7-8-25-15)11-4-5-13(17)14(18)9-11/h4-5,9,12,15,19H,2-3,6-8,10H2,1H3,(H,21,22). The van der Waals surface area contributed by atoms with E-state index in [0.29, 0.717) is 29.4 Å². The number of carbonyl (C=O) groups is 1. The van der Waals surface area contributed by atoms with E-state index >= 15 is 0 Å². The number of nitrogens with one attached hydrogen (secondary N) is 1. The summed E-state index contributed by atoms with van der Waals surface area (Å²) >= 11 is 12.1. The Morgan fingerprint density at radius 3 is 2.73 bits per heavy atom. The van der Waals surface area contributed by atoms with Crippen molar-refractivity contribution < 1.29 is 23.1 Å². The second kappa shape index (κ2) is 9.23. The smallest absolute Gasteiger partial charge is 0.407 e. The van der Waals surface area contributed by atoms with E-state index in [1.54, 1.807) is 12.1 Å². The first-order valence-electron chi connectivity index (χ1n) is 8.16. The summed E-state index contributed by atoms with van der Waals surface area (Å²) in [6.45, 7) is 1.15. The van der Waals surface area contributed by atoms with Gasteiger partial charge in [-0.1, -0.05) is 29.3 Å². The lowest BCUT2D eigenvalue weighted by molar-refractivity contribution is 0.0441. The third-order valence-corrected chi connectivity index (χ3v) is 5.70. The Balaban J connectivity index is 2.16. The summed E-state index contributed by atoms with van der Waals surface area (Å²) < 4.78 is 30.7. The second-order valence-corrected chi connectivity index (χ2v) is 8.87. The first kappa shape index (κ1) is 21.2. The van der Waals surface area contributed by atoms with Crippen LogP contribution in [0.3, 0.4) is 0 Å². The molecule has 0 bridgehead atoms. The number of benzene rings is 1. The first-order chi connectivity index (χ1) is 12.2. The number of carboxylic acid groups (broad SMARTS) is 1. The largest absolute Gasteiger partial charge is 0.465 e. The Bertz CT molecular complexity index is 744. The van der Waals surface area contributed by atoms with Crippen LogP contribution in [0.2, 0.25) is 10.0 Å². The van der Waals surface area contributed by atoms with E-state index < -0.39 is 16.1 Å². The molecular formula is C16H22Cl2N2O5S. The maximum Gasteiger partial charge on any atom is 0.407 e. The summed E-state index contributed by atoms with van der Waals surface area (Å²) in [5, 5.41) is 10.2. The number of hydrogen-bond acceptors (Lipinski definition) is 4. The van der Waals surface area contributed by atoms with E-state index in [0.717, 1.165) is 11.8 Å². The Labute approximate surface area is 163 Å². The lowest BCUT2D eigenvalue weighted by atomic mass is 9.90. The molecule has 1 aromatic rings. The van der Waals surface area contributed by atoms with Gasteiger partial charge in [-0.2, -0.15) is 0 Å². The number of nitrogens with zero attached hydrogens (tertiary/aromatic N) is 1. The van der Waals surface area contributed by atoms with Gasteiger partial charge in [-0.05, 0) is 30.5 Å². The Morgan fingerprint density at radius 1 is 1.38 bits per heavy atom. The van der Waals surface area contributed by atoms with E-state index in [1.807, 2.05) is 6.07 Å². The fraction of sp³-hybridized carbons (Fsp3) is 0.562. The minimum absolute atomic E-state index is 0.221. The fourth-order valence-corrected chi connectivity index (χ4v) is 3.78. The molecule has 0 aliphatic carbocycles. The van der Waals surface area contributed by atoms with E-state index in [4.69, 9.17) is 27.9 Å². The molecule has 146 valence electrons. The molecule has 1 fully saturated rings. The normalized spacial score (nSPS) is 21.4. The third-order valence-electron chi connectivity index (χ3n) is 4.23. The van der Waals surface area contributed by atoms with Gasteiger partial charge < -0.3 is 14.7 Å². The molecule has 1 saturated heterocycles. The zero-order chi connectivity index (χ0) is 19.3. The van der Waals surface area contributed by atoms with E-state index in [2.05, 4.69) is 4.72 Å². The molecule has 1 amide bonds. The third kappa shape index (κ3) is 6.28. The van der Waals surface area contributed by atoms with Gasteiger partial charge in [-0.25, -0.2) is 17.9 Å². The number of ether oxygens (including phenoxy) is 1. The van der Waals surface area contributed by atoms with Crippen LogP contribution in [-0.2, 0) is 14.8 Å². The van der Waals surface area contributed by atoms with Crippen molar-refractivity contribution >= 4 is 39.3 Å². The molecule has 2 unspecified atom stereocenters. The zero-order valence-electron chi connectivity index (χ0n) is 14.3. The average molecular weight is 425 g/mol. The van der Waals surface area contributed by atoms with Crippen LogP contribution in [0, 0.1) is 0 Å². The molecular weight excluding hydrogens is 403 g/mol. The summed E-state index contributed by atoms with van der Waals surface area (Å²) in [6.07, 6.45) is 1.01. The van der Waals surface area contributed by atoms with E-state index in [-0.39, 0.29) is 31.7 Å². The Kier molecular flexibility index (Phi) is 7.54. The second-order valence-electron chi connectivity index (χ2n) is 6.23. The first-order valence-corrected chi connectivity index (χ1v) is 10.8. The van der Waals surface area contributed by atoms with Crippen LogP contribution in [0.4, 0.5) is 4.79 Å². The molecule has 0 aromatic heterocycles. The molecule has 2 N–H and O–H groups in total. The number of rotatable bonds is 6. The number of hydrogen-bond donors (Lipinski definition) is 2. The minimum atomic E-state index is -3.24. The van der Waals surface area contributed by atoms with Gasteiger partial charge in [0.25, 0.3) is 0 Å². The lowest BCUT2D eigenvalue weighted by Crippen LogP contribution is -2.35. The van der Waals surface area contributed by atoms with Crippen molar-refractivity contribution in [1.82, 2.24) is 9.62 Å². The number of halogens is 2. The quantitative estimate of drug-likeness (QED) is 0.684. The van der Waals surface area contributed by atoms with Gasteiger partial charge in [-0.3, -0.25) is 0 Å². The van der Waals surface area contributed by atoms with Crippen molar-refractivity contribution in [1.29, 1.82) is 0 Å². The highest BCUT2D eigenvalue weighted by Crippen LogP contribution is 2.32. The highest BCUT2D eigenvalue weighted by molar-refractivity contribution is 7.88. The molecule has 0 radical (unpaired) electrons. The molecule has 2 atom stereocenters. The highest BCUT2D eigenvalue weighted by Gasteiger charge is 2.31. The van der Waals surface area contributed by atoms with E-state index in [1.165, 1.54) is 4.90 Å².